The van der Waals surface area contributed by atoms with E-state index in [0.29, 0.717) is 12.5 Å². The highest BCUT2D eigenvalue weighted by molar-refractivity contribution is 5.95. The molecule has 1 heterocycles. The minimum atomic E-state index is -1.09. The Kier molecular flexibility index (Phi) is 4.02. The van der Waals surface area contributed by atoms with Gasteiger partial charge in [-0.2, -0.15) is 0 Å². The number of hydrogen-bond donors (Lipinski definition) is 2. The molecule has 2 rings (SSSR count). The summed E-state index contributed by atoms with van der Waals surface area (Å²) in [5.41, 5.74) is -0.00202. The van der Waals surface area contributed by atoms with E-state index in [4.69, 9.17) is 9.52 Å². The second-order valence-corrected chi connectivity index (χ2v) is 4.72. The molecule has 0 aromatic carbocycles. The van der Waals surface area contributed by atoms with Gasteiger partial charge in [-0.3, -0.25) is 4.79 Å². The van der Waals surface area contributed by atoms with Gasteiger partial charge in [0.05, 0.1) is 5.56 Å². The third-order valence-corrected chi connectivity index (χ3v) is 3.35. The number of carboxylic acids is 1. The smallest absolute Gasteiger partial charge is 0.338 e. The molecule has 0 spiro atoms. The van der Waals surface area contributed by atoms with Gasteiger partial charge < -0.3 is 14.8 Å². The summed E-state index contributed by atoms with van der Waals surface area (Å²) < 4.78 is 4.93. The van der Waals surface area contributed by atoms with Crippen molar-refractivity contribution in [2.75, 3.05) is 6.54 Å². The van der Waals surface area contributed by atoms with E-state index >= 15 is 0 Å². The number of rotatable bonds is 4. The van der Waals surface area contributed by atoms with Gasteiger partial charge in [0.2, 0.25) is 0 Å². The van der Waals surface area contributed by atoms with Crippen molar-refractivity contribution in [3.63, 3.8) is 0 Å². The number of hydrogen-bond acceptors (Lipinski definition) is 3. The van der Waals surface area contributed by atoms with Gasteiger partial charge in [0.1, 0.15) is 6.26 Å². The van der Waals surface area contributed by atoms with Crippen LogP contribution in [0.25, 0.3) is 0 Å². The summed E-state index contributed by atoms with van der Waals surface area (Å²) in [6, 6.07) is 1.25. The molecular formula is C13H17NO4. The van der Waals surface area contributed by atoms with E-state index in [0.717, 1.165) is 19.1 Å². The van der Waals surface area contributed by atoms with Gasteiger partial charge in [0.15, 0.2) is 5.76 Å². The number of nitrogens with one attached hydrogen (secondary N) is 1. The zero-order valence-electron chi connectivity index (χ0n) is 10.1. The zero-order valence-corrected chi connectivity index (χ0v) is 10.1. The van der Waals surface area contributed by atoms with Gasteiger partial charge in [-0.05, 0) is 18.8 Å². The third-order valence-electron chi connectivity index (χ3n) is 3.35. The molecule has 0 unspecified atom stereocenters. The molecule has 18 heavy (non-hydrogen) atoms. The standard InChI is InChI=1S/C13H17NO4/c15-12(11-6-10(8-18-11)13(16)17)14-7-9-4-2-1-3-5-9/h6,8-9H,1-5,7H2,(H,14,15)(H,16,17). The fourth-order valence-electron chi connectivity index (χ4n) is 2.28. The zero-order chi connectivity index (χ0) is 13.0. The first kappa shape index (κ1) is 12.7. The fraction of sp³-hybridized carbons (Fsp3) is 0.538. The van der Waals surface area contributed by atoms with Crippen LogP contribution in [0.5, 0.6) is 0 Å². The first-order valence-corrected chi connectivity index (χ1v) is 6.27. The Labute approximate surface area is 105 Å². The predicted octanol–water partition coefficient (Wildman–Crippen LogP) is 2.29. The third kappa shape index (κ3) is 3.12. The van der Waals surface area contributed by atoms with Crippen molar-refractivity contribution in [2.24, 2.45) is 5.92 Å². The molecule has 0 radical (unpaired) electrons. The van der Waals surface area contributed by atoms with Crippen LogP contribution in [-0.4, -0.2) is 23.5 Å². The van der Waals surface area contributed by atoms with Crippen molar-refractivity contribution in [2.45, 2.75) is 32.1 Å². The summed E-state index contributed by atoms with van der Waals surface area (Å²) in [5.74, 6) is -0.835. The van der Waals surface area contributed by atoms with Gasteiger partial charge >= 0.3 is 5.97 Å². The van der Waals surface area contributed by atoms with E-state index in [-0.39, 0.29) is 17.2 Å². The lowest BCUT2D eigenvalue weighted by molar-refractivity contribution is 0.0696. The lowest BCUT2D eigenvalue weighted by atomic mass is 9.89. The number of carboxylic acid groups (broad SMARTS) is 1. The molecule has 1 aromatic rings. The molecule has 1 aromatic heterocycles. The second kappa shape index (κ2) is 5.71. The van der Waals surface area contributed by atoms with E-state index in [1.165, 1.54) is 25.3 Å². The monoisotopic (exact) mass is 251 g/mol. The maximum atomic E-state index is 11.7. The van der Waals surface area contributed by atoms with Crippen LogP contribution in [0, 0.1) is 5.92 Å². The first-order valence-electron chi connectivity index (χ1n) is 6.27. The molecule has 1 aliphatic rings. The maximum absolute atomic E-state index is 11.7. The van der Waals surface area contributed by atoms with Crippen molar-refractivity contribution in [3.05, 3.63) is 23.7 Å². The number of furan rings is 1. The van der Waals surface area contributed by atoms with Gasteiger partial charge in [-0.15, -0.1) is 0 Å². The summed E-state index contributed by atoms with van der Waals surface area (Å²) in [6.07, 6.45) is 7.12. The first-order chi connectivity index (χ1) is 8.66. The summed E-state index contributed by atoms with van der Waals surface area (Å²) in [7, 11) is 0. The molecular weight excluding hydrogens is 234 g/mol. The van der Waals surface area contributed by atoms with Gasteiger partial charge in [-0.1, -0.05) is 19.3 Å². The normalized spacial score (nSPS) is 16.4. The van der Waals surface area contributed by atoms with Crippen LogP contribution in [0.4, 0.5) is 0 Å². The molecule has 0 saturated heterocycles. The van der Waals surface area contributed by atoms with E-state index in [9.17, 15) is 9.59 Å². The molecule has 1 amide bonds. The fourth-order valence-corrected chi connectivity index (χ4v) is 2.28. The van der Waals surface area contributed by atoms with Gasteiger partial charge in [0.25, 0.3) is 5.91 Å². The van der Waals surface area contributed by atoms with Crippen LogP contribution in [0.2, 0.25) is 0 Å². The number of amides is 1. The summed E-state index contributed by atoms with van der Waals surface area (Å²) in [6.45, 7) is 0.641. The Morgan fingerprint density at radius 3 is 2.67 bits per heavy atom. The quantitative estimate of drug-likeness (QED) is 0.860. The predicted molar refractivity (Wildman–Crippen MR) is 64.6 cm³/mol. The van der Waals surface area contributed by atoms with Crippen LogP contribution in [0.3, 0.4) is 0 Å². The van der Waals surface area contributed by atoms with E-state index < -0.39 is 5.97 Å². The lowest BCUT2D eigenvalue weighted by Crippen LogP contribution is -2.29. The molecule has 5 nitrogen and oxygen atoms in total. The highest BCUT2D eigenvalue weighted by atomic mass is 16.4. The molecule has 0 atom stereocenters. The number of carbonyl (C=O) groups excluding carboxylic acids is 1. The lowest BCUT2D eigenvalue weighted by Gasteiger charge is -2.21. The van der Waals surface area contributed by atoms with Crippen LogP contribution in [0.15, 0.2) is 16.7 Å². The Morgan fingerprint density at radius 2 is 2.06 bits per heavy atom. The average Bonchev–Trinajstić information content (AvgIpc) is 2.87. The second-order valence-electron chi connectivity index (χ2n) is 4.72. The number of carbonyl (C=O) groups is 2. The van der Waals surface area contributed by atoms with Crippen molar-refractivity contribution < 1.29 is 19.1 Å². The summed E-state index contributed by atoms with van der Waals surface area (Å²) in [5, 5.41) is 11.5. The molecule has 1 aliphatic carbocycles. The van der Waals surface area contributed by atoms with E-state index in [1.807, 2.05) is 0 Å². The van der Waals surface area contributed by atoms with Crippen LogP contribution < -0.4 is 5.32 Å². The van der Waals surface area contributed by atoms with Crippen molar-refractivity contribution in [1.29, 1.82) is 0 Å². The highest BCUT2D eigenvalue weighted by Crippen LogP contribution is 2.22. The minimum absolute atomic E-state index is 0.00202. The van der Waals surface area contributed by atoms with E-state index in [1.54, 1.807) is 0 Å². The Hall–Kier alpha value is -1.78. The Bertz CT molecular complexity index is 432. The van der Waals surface area contributed by atoms with Gasteiger partial charge in [0, 0.05) is 12.6 Å². The topological polar surface area (TPSA) is 79.5 Å². The van der Waals surface area contributed by atoms with Crippen LogP contribution >= 0.6 is 0 Å². The Morgan fingerprint density at radius 1 is 1.33 bits per heavy atom. The van der Waals surface area contributed by atoms with Crippen molar-refractivity contribution >= 4 is 11.9 Å². The molecule has 5 heteroatoms. The summed E-state index contributed by atoms with van der Waals surface area (Å²) in [4.78, 5) is 22.4. The molecule has 0 bridgehead atoms. The minimum Gasteiger partial charge on any atom is -0.478 e. The molecule has 1 fully saturated rings. The number of aromatic carboxylic acids is 1. The van der Waals surface area contributed by atoms with Gasteiger partial charge in [-0.25, -0.2) is 4.79 Å². The molecule has 0 aliphatic heterocycles. The van der Waals surface area contributed by atoms with Crippen molar-refractivity contribution in [3.8, 4) is 0 Å². The largest absolute Gasteiger partial charge is 0.478 e. The highest BCUT2D eigenvalue weighted by Gasteiger charge is 2.17. The molecule has 2 N–H and O–H groups in total. The maximum Gasteiger partial charge on any atom is 0.338 e. The van der Waals surface area contributed by atoms with Crippen LogP contribution in [0.1, 0.15) is 53.0 Å². The SMILES string of the molecule is O=C(O)c1coc(C(=O)NCC2CCCCC2)c1. The van der Waals surface area contributed by atoms with Crippen LogP contribution in [-0.2, 0) is 0 Å². The van der Waals surface area contributed by atoms with E-state index in [2.05, 4.69) is 5.32 Å². The Balaban J connectivity index is 1.84. The molecule has 1 saturated carbocycles. The summed E-state index contributed by atoms with van der Waals surface area (Å²) >= 11 is 0. The average molecular weight is 251 g/mol. The van der Waals surface area contributed by atoms with Crippen molar-refractivity contribution in [1.82, 2.24) is 5.32 Å². The molecule has 98 valence electrons.